The van der Waals surface area contributed by atoms with Crippen LogP contribution in [0.25, 0.3) is 0 Å². The van der Waals surface area contributed by atoms with Gasteiger partial charge in [0.25, 0.3) is 0 Å². The van der Waals surface area contributed by atoms with Gasteiger partial charge < -0.3 is 15.7 Å². The Morgan fingerprint density at radius 2 is 1.70 bits per heavy atom. The van der Waals surface area contributed by atoms with Gasteiger partial charge in [-0.3, -0.25) is 0 Å². The lowest BCUT2D eigenvalue weighted by Gasteiger charge is -2.23. The fourth-order valence-electron chi connectivity index (χ4n) is 1.69. The van der Waals surface area contributed by atoms with Crippen molar-refractivity contribution in [1.82, 2.24) is 9.97 Å². The van der Waals surface area contributed by atoms with E-state index in [1.807, 2.05) is 20.8 Å². The van der Waals surface area contributed by atoms with Crippen molar-refractivity contribution in [2.45, 2.75) is 47.5 Å². The molecule has 0 saturated heterocycles. The van der Waals surface area contributed by atoms with Gasteiger partial charge >= 0.3 is 0 Å². The minimum Gasteiger partial charge on any atom is -0.396 e. The standard InChI is InChI=1S/C15H28N4O/c1-6-8-16-13-11(3)14(19-12(7-2)18-13)17-9-15(4,5)10-20/h20H,6-10H2,1-5H3,(H2,16,17,18,19). The fourth-order valence-corrected chi connectivity index (χ4v) is 1.69. The lowest BCUT2D eigenvalue weighted by atomic mass is 9.95. The van der Waals surface area contributed by atoms with Crippen LogP contribution < -0.4 is 10.6 Å². The monoisotopic (exact) mass is 280 g/mol. The van der Waals surface area contributed by atoms with Crippen LogP contribution in [0, 0.1) is 12.3 Å². The molecule has 0 atom stereocenters. The Morgan fingerprint density at radius 3 is 2.20 bits per heavy atom. The van der Waals surface area contributed by atoms with Gasteiger partial charge in [0.05, 0.1) is 0 Å². The third-order valence-electron chi connectivity index (χ3n) is 3.21. The lowest BCUT2D eigenvalue weighted by molar-refractivity contribution is 0.170. The summed E-state index contributed by atoms with van der Waals surface area (Å²) >= 11 is 0. The second kappa shape index (κ2) is 7.43. The highest BCUT2D eigenvalue weighted by Gasteiger charge is 2.18. The molecule has 0 spiro atoms. The molecule has 0 fully saturated rings. The van der Waals surface area contributed by atoms with E-state index >= 15 is 0 Å². The summed E-state index contributed by atoms with van der Waals surface area (Å²) in [5.74, 6) is 2.60. The molecule has 20 heavy (non-hydrogen) atoms. The summed E-state index contributed by atoms with van der Waals surface area (Å²) in [7, 11) is 0. The van der Waals surface area contributed by atoms with Crippen LogP contribution in [-0.2, 0) is 6.42 Å². The maximum atomic E-state index is 9.33. The quantitative estimate of drug-likeness (QED) is 0.683. The van der Waals surface area contributed by atoms with Gasteiger partial charge in [-0.2, -0.15) is 0 Å². The predicted octanol–water partition coefficient (Wildman–Crippen LogP) is 2.60. The summed E-state index contributed by atoms with van der Waals surface area (Å²) in [4.78, 5) is 9.09. The molecule has 0 aliphatic rings. The van der Waals surface area contributed by atoms with E-state index in [-0.39, 0.29) is 12.0 Å². The van der Waals surface area contributed by atoms with Crippen molar-refractivity contribution in [1.29, 1.82) is 0 Å². The van der Waals surface area contributed by atoms with Crippen LogP contribution in [0.3, 0.4) is 0 Å². The number of anilines is 2. The smallest absolute Gasteiger partial charge is 0.134 e. The number of aryl methyl sites for hydroxylation is 1. The van der Waals surface area contributed by atoms with E-state index in [1.165, 1.54) is 0 Å². The second-order valence-corrected chi connectivity index (χ2v) is 5.92. The van der Waals surface area contributed by atoms with Crippen LogP contribution in [0.4, 0.5) is 11.6 Å². The number of aliphatic hydroxyl groups excluding tert-OH is 1. The molecule has 0 amide bonds. The van der Waals surface area contributed by atoms with E-state index in [2.05, 4.69) is 34.4 Å². The Morgan fingerprint density at radius 1 is 1.10 bits per heavy atom. The van der Waals surface area contributed by atoms with Crippen molar-refractivity contribution >= 4 is 11.6 Å². The molecule has 3 N–H and O–H groups in total. The third kappa shape index (κ3) is 4.63. The van der Waals surface area contributed by atoms with Gasteiger partial charge in [-0.15, -0.1) is 0 Å². The summed E-state index contributed by atoms with van der Waals surface area (Å²) in [5.41, 5.74) is 0.866. The Balaban J connectivity index is 2.93. The zero-order valence-electron chi connectivity index (χ0n) is 13.4. The Labute approximate surface area is 122 Å². The van der Waals surface area contributed by atoms with Gasteiger partial charge in [0.15, 0.2) is 0 Å². The molecular formula is C15H28N4O. The molecule has 114 valence electrons. The molecule has 1 rings (SSSR count). The van der Waals surface area contributed by atoms with Crippen molar-refractivity contribution < 1.29 is 5.11 Å². The van der Waals surface area contributed by atoms with E-state index in [0.717, 1.165) is 42.4 Å². The van der Waals surface area contributed by atoms with Crippen molar-refractivity contribution in [3.8, 4) is 0 Å². The zero-order valence-corrected chi connectivity index (χ0v) is 13.4. The molecule has 5 heteroatoms. The molecule has 0 aliphatic heterocycles. The Hall–Kier alpha value is -1.36. The maximum Gasteiger partial charge on any atom is 0.134 e. The third-order valence-corrected chi connectivity index (χ3v) is 3.21. The molecule has 0 aromatic carbocycles. The van der Waals surface area contributed by atoms with Crippen LogP contribution in [0.15, 0.2) is 0 Å². The second-order valence-electron chi connectivity index (χ2n) is 5.92. The van der Waals surface area contributed by atoms with Crippen LogP contribution >= 0.6 is 0 Å². The summed E-state index contributed by atoms with van der Waals surface area (Å²) in [5, 5.41) is 16.0. The topological polar surface area (TPSA) is 70.1 Å². The Bertz CT molecular complexity index is 432. The summed E-state index contributed by atoms with van der Waals surface area (Å²) in [6.45, 7) is 12.0. The molecule has 0 aliphatic carbocycles. The molecule has 1 aromatic rings. The maximum absolute atomic E-state index is 9.33. The SMILES string of the molecule is CCCNc1nc(CC)nc(NCC(C)(C)CO)c1C. The van der Waals surface area contributed by atoms with Crippen LogP contribution in [0.5, 0.6) is 0 Å². The van der Waals surface area contributed by atoms with Crippen molar-refractivity contribution in [2.24, 2.45) is 5.41 Å². The van der Waals surface area contributed by atoms with Gasteiger partial charge in [0.1, 0.15) is 17.5 Å². The van der Waals surface area contributed by atoms with E-state index in [1.54, 1.807) is 0 Å². The van der Waals surface area contributed by atoms with E-state index < -0.39 is 0 Å². The molecule has 0 radical (unpaired) electrons. The predicted molar refractivity (Wildman–Crippen MR) is 84.3 cm³/mol. The van der Waals surface area contributed by atoms with Crippen LogP contribution in [0.1, 0.15) is 45.5 Å². The van der Waals surface area contributed by atoms with Crippen molar-refractivity contribution in [2.75, 3.05) is 30.3 Å². The van der Waals surface area contributed by atoms with Gasteiger partial charge in [0, 0.05) is 37.1 Å². The van der Waals surface area contributed by atoms with Crippen molar-refractivity contribution in [3.05, 3.63) is 11.4 Å². The summed E-state index contributed by atoms with van der Waals surface area (Å²) in [6.07, 6.45) is 1.87. The zero-order chi connectivity index (χ0) is 15.2. The van der Waals surface area contributed by atoms with Crippen molar-refractivity contribution in [3.63, 3.8) is 0 Å². The molecule has 1 aromatic heterocycles. The number of nitrogens with one attached hydrogen (secondary N) is 2. The molecule has 5 nitrogen and oxygen atoms in total. The first-order valence-electron chi connectivity index (χ1n) is 7.39. The highest BCUT2D eigenvalue weighted by molar-refractivity contribution is 5.57. The first-order chi connectivity index (χ1) is 9.43. The molecule has 1 heterocycles. The minimum absolute atomic E-state index is 0.145. The summed E-state index contributed by atoms with van der Waals surface area (Å²) < 4.78 is 0. The lowest BCUT2D eigenvalue weighted by Crippen LogP contribution is -2.27. The highest BCUT2D eigenvalue weighted by atomic mass is 16.3. The number of hydrogen-bond donors (Lipinski definition) is 3. The minimum atomic E-state index is -0.166. The van der Waals surface area contributed by atoms with Gasteiger partial charge in [-0.05, 0) is 13.3 Å². The van der Waals surface area contributed by atoms with Gasteiger partial charge in [-0.25, -0.2) is 9.97 Å². The number of aromatic nitrogens is 2. The van der Waals surface area contributed by atoms with Crippen LogP contribution in [0.2, 0.25) is 0 Å². The average Bonchev–Trinajstić information content (AvgIpc) is 2.45. The first-order valence-corrected chi connectivity index (χ1v) is 7.39. The van der Waals surface area contributed by atoms with Gasteiger partial charge in [0.2, 0.25) is 0 Å². The molecule has 0 bridgehead atoms. The average molecular weight is 280 g/mol. The van der Waals surface area contributed by atoms with Crippen LogP contribution in [-0.4, -0.2) is 34.8 Å². The molecular weight excluding hydrogens is 252 g/mol. The largest absolute Gasteiger partial charge is 0.396 e. The highest BCUT2D eigenvalue weighted by Crippen LogP contribution is 2.22. The molecule has 0 unspecified atom stereocenters. The van der Waals surface area contributed by atoms with E-state index in [0.29, 0.717) is 6.54 Å². The number of hydrogen-bond acceptors (Lipinski definition) is 5. The number of nitrogens with zero attached hydrogens (tertiary/aromatic N) is 2. The first kappa shape index (κ1) is 16.7. The van der Waals surface area contributed by atoms with E-state index in [4.69, 9.17) is 0 Å². The number of rotatable bonds is 8. The number of aliphatic hydroxyl groups is 1. The Kier molecular flexibility index (Phi) is 6.20. The van der Waals surface area contributed by atoms with Gasteiger partial charge in [-0.1, -0.05) is 27.7 Å². The molecule has 0 saturated carbocycles. The van der Waals surface area contributed by atoms with E-state index in [9.17, 15) is 5.11 Å². The normalized spacial score (nSPS) is 11.5. The summed E-state index contributed by atoms with van der Waals surface area (Å²) in [6, 6.07) is 0. The fraction of sp³-hybridized carbons (Fsp3) is 0.733.